The second kappa shape index (κ2) is 6.61. The average molecular weight is 395 g/mol. The van der Waals surface area contributed by atoms with Gasteiger partial charge in [0.1, 0.15) is 11.4 Å². The monoisotopic (exact) mass is 393 g/mol. The molecule has 0 aliphatic rings. The van der Waals surface area contributed by atoms with Gasteiger partial charge in [0.05, 0.1) is 8.95 Å². The fourth-order valence-electron chi connectivity index (χ4n) is 1.39. The molecule has 0 spiro atoms. The summed E-state index contributed by atoms with van der Waals surface area (Å²) in [4.78, 5) is 11.4. The number of halogens is 2. The number of hydrogen-bond acceptors (Lipinski definition) is 3. The Hall–Kier alpha value is -0.750. The second-order valence-corrected chi connectivity index (χ2v) is 6.80. The van der Waals surface area contributed by atoms with Crippen molar-refractivity contribution in [2.24, 2.45) is 0 Å². The molecule has 4 nitrogen and oxygen atoms in total. The van der Waals surface area contributed by atoms with Crippen molar-refractivity contribution in [2.75, 3.05) is 6.54 Å². The third-order valence-electron chi connectivity index (χ3n) is 2.16. The Bertz CT molecular complexity index is 446. The van der Waals surface area contributed by atoms with Crippen LogP contribution < -0.4 is 5.32 Å². The summed E-state index contributed by atoms with van der Waals surface area (Å²) in [5, 5.41) is 12.3. The third-order valence-corrected chi connectivity index (χ3v) is 3.37. The van der Waals surface area contributed by atoms with Gasteiger partial charge in [-0.25, -0.2) is 4.79 Å². The summed E-state index contributed by atoms with van der Waals surface area (Å²) < 4.78 is 6.37. The van der Waals surface area contributed by atoms with Crippen LogP contribution in [0.4, 0.5) is 4.79 Å². The summed E-state index contributed by atoms with van der Waals surface area (Å²) in [6.45, 7) is 5.93. The molecule has 1 aromatic carbocycles. The molecule has 19 heavy (non-hydrogen) atoms. The lowest BCUT2D eigenvalue weighted by Crippen LogP contribution is -2.33. The number of benzene rings is 1. The first-order chi connectivity index (χ1) is 8.69. The van der Waals surface area contributed by atoms with Crippen molar-refractivity contribution in [1.82, 2.24) is 5.32 Å². The number of ether oxygens (including phenoxy) is 1. The number of carbonyl (C=O) groups excluding carboxylic acids is 1. The van der Waals surface area contributed by atoms with E-state index in [1.54, 1.807) is 0 Å². The van der Waals surface area contributed by atoms with Crippen LogP contribution in [0, 0.1) is 0 Å². The molecular weight excluding hydrogens is 378 g/mol. The van der Waals surface area contributed by atoms with Crippen molar-refractivity contribution in [3.8, 4) is 5.75 Å². The molecule has 0 radical (unpaired) electrons. The van der Waals surface area contributed by atoms with E-state index in [0.717, 1.165) is 5.56 Å². The Morgan fingerprint density at radius 1 is 1.32 bits per heavy atom. The smallest absolute Gasteiger partial charge is 0.407 e. The Labute approximate surface area is 129 Å². The molecule has 0 heterocycles. The largest absolute Gasteiger partial charge is 0.506 e. The van der Waals surface area contributed by atoms with Gasteiger partial charge in [-0.1, -0.05) is 0 Å². The Kier molecular flexibility index (Phi) is 5.67. The van der Waals surface area contributed by atoms with E-state index in [-0.39, 0.29) is 5.75 Å². The molecule has 0 atom stereocenters. The number of hydrogen-bond donors (Lipinski definition) is 2. The Balaban J connectivity index is 2.48. The Morgan fingerprint density at radius 2 is 1.84 bits per heavy atom. The molecule has 0 saturated carbocycles. The zero-order valence-electron chi connectivity index (χ0n) is 11.1. The third kappa shape index (κ3) is 5.82. The number of rotatable bonds is 3. The molecule has 1 amide bonds. The van der Waals surface area contributed by atoms with Gasteiger partial charge in [-0.15, -0.1) is 0 Å². The van der Waals surface area contributed by atoms with Gasteiger partial charge in [0.2, 0.25) is 0 Å². The first-order valence-corrected chi connectivity index (χ1v) is 7.41. The van der Waals surface area contributed by atoms with Crippen LogP contribution in [0.3, 0.4) is 0 Å². The molecule has 0 fully saturated rings. The predicted octanol–water partition coefficient (Wildman–Crippen LogP) is 3.98. The van der Waals surface area contributed by atoms with E-state index in [0.29, 0.717) is 21.9 Å². The molecule has 0 unspecified atom stereocenters. The van der Waals surface area contributed by atoms with Crippen molar-refractivity contribution in [3.63, 3.8) is 0 Å². The minimum atomic E-state index is -0.491. The van der Waals surface area contributed by atoms with Crippen LogP contribution in [0.2, 0.25) is 0 Å². The van der Waals surface area contributed by atoms with Crippen molar-refractivity contribution >= 4 is 38.0 Å². The maximum absolute atomic E-state index is 11.4. The van der Waals surface area contributed by atoms with Gasteiger partial charge in [-0.2, -0.15) is 0 Å². The first-order valence-electron chi connectivity index (χ1n) is 5.83. The number of alkyl carbamates (subject to hydrolysis) is 1. The number of carbonyl (C=O) groups is 1. The van der Waals surface area contributed by atoms with E-state index in [1.807, 2.05) is 32.9 Å². The molecule has 0 saturated heterocycles. The highest BCUT2D eigenvalue weighted by atomic mass is 79.9. The van der Waals surface area contributed by atoms with Crippen LogP contribution in [0.15, 0.2) is 21.1 Å². The minimum Gasteiger partial charge on any atom is -0.506 e. The molecule has 1 rings (SSSR count). The van der Waals surface area contributed by atoms with E-state index >= 15 is 0 Å². The summed E-state index contributed by atoms with van der Waals surface area (Å²) in [7, 11) is 0. The van der Waals surface area contributed by atoms with Crippen LogP contribution in [-0.4, -0.2) is 23.3 Å². The van der Waals surface area contributed by atoms with Crippen LogP contribution in [0.5, 0.6) is 5.75 Å². The minimum absolute atomic E-state index is 0.170. The maximum Gasteiger partial charge on any atom is 0.407 e. The number of aromatic hydroxyl groups is 1. The lowest BCUT2D eigenvalue weighted by atomic mass is 10.1. The summed E-state index contributed by atoms with van der Waals surface area (Å²) in [6, 6.07) is 3.63. The molecular formula is C13H17Br2NO3. The fourth-order valence-corrected chi connectivity index (χ4v) is 2.67. The van der Waals surface area contributed by atoms with Crippen molar-refractivity contribution in [1.29, 1.82) is 0 Å². The molecule has 0 aliphatic heterocycles. The zero-order chi connectivity index (χ0) is 14.6. The molecule has 0 bridgehead atoms. The van der Waals surface area contributed by atoms with Crippen LogP contribution in [0.25, 0.3) is 0 Å². The van der Waals surface area contributed by atoms with E-state index in [9.17, 15) is 9.90 Å². The van der Waals surface area contributed by atoms with Crippen LogP contribution >= 0.6 is 31.9 Å². The molecule has 0 aromatic heterocycles. The number of phenolic OH excluding ortho intramolecular Hbond substituents is 1. The number of phenols is 1. The van der Waals surface area contributed by atoms with Gasteiger partial charge in [0, 0.05) is 6.54 Å². The molecule has 2 N–H and O–H groups in total. The predicted molar refractivity (Wildman–Crippen MR) is 81.4 cm³/mol. The van der Waals surface area contributed by atoms with Gasteiger partial charge in [0.25, 0.3) is 0 Å². The highest BCUT2D eigenvalue weighted by molar-refractivity contribution is 9.11. The molecule has 1 aromatic rings. The van der Waals surface area contributed by atoms with E-state index in [2.05, 4.69) is 37.2 Å². The fraction of sp³-hybridized carbons (Fsp3) is 0.462. The topological polar surface area (TPSA) is 58.6 Å². The summed E-state index contributed by atoms with van der Waals surface area (Å²) >= 11 is 6.53. The van der Waals surface area contributed by atoms with Crippen LogP contribution in [-0.2, 0) is 11.2 Å². The van der Waals surface area contributed by atoms with E-state index in [1.165, 1.54) is 0 Å². The van der Waals surface area contributed by atoms with E-state index < -0.39 is 11.7 Å². The van der Waals surface area contributed by atoms with Crippen molar-refractivity contribution < 1.29 is 14.6 Å². The molecule has 106 valence electrons. The van der Waals surface area contributed by atoms with Crippen molar-refractivity contribution in [2.45, 2.75) is 32.8 Å². The highest BCUT2D eigenvalue weighted by Gasteiger charge is 2.15. The van der Waals surface area contributed by atoms with E-state index in [4.69, 9.17) is 4.74 Å². The first kappa shape index (κ1) is 16.3. The molecule has 6 heteroatoms. The zero-order valence-corrected chi connectivity index (χ0v) is 14.3. The summed E-state index contributed by atoms with van der Waals surface area (Å²) in [5.74, 6) is 0.170. The van der Waals surface area contributed by atoms with Gasteiger partial charge in [-0.05, 0) is 76.7 Å². The molecule has 0 aliphatic carbocycles. The normalized spacial score (nSPS) is 11.2. The van der Waals surface area contributed by atoms with Gasteiger partial charge < -0.3 is 15.2 Å². The lowest BCUT2D eigenvalue weighted by Gasteiger charge is -2.19. The Morgan fingerprint density at radius 3 is 2.32 bits per heavy atom. The highest BCUT2D eigenvalue weighted by Crippen LogP contribution is 2.33. The SMILES string of the molecule is CC(C)(C)OC(=O)NCCc1cc(Br)c(O)c(Br)c1. The summed E-state index contributed by atoms with van der Waals surface area (Å²) in [6.07, 6.45) is 0.223. The average Bonchev–Trinajstić information content (AvgIpc) is 2.23. The van der Waals surface area contributed by atoms with Gasteiger partial charge in [-0.3, -0.25) is 0 Å². The summed E-state index contributed by atoms with van der Waals surface area (Å²) in [5.41, 5.74) is 0.502. The maximum atomic E-state index is 11.4. The quantitative estimate of drug-likeness (QED) is 0.814. The lowest BCUT2D eigenvalue weighted by molar-refractivity contribution is 0.0528. The number of nitrogens with one attached hydrogen (secondary N) is 1. The van der Waals surface area contributed by atoms with Crippen molar-refractivity contribution in [3.05, 3.63) is 26.6 Å². The number of amides is 1. The van der Waals surface area contributed by atoms with Crippen LogP contribution in [0.1, 0.15) is 26.3 Å². The van der Waals surface area contributed by atoms with Gasteiger partial charge >= 0.3 is 6.09 Å². The standard InChI is InChI=1S/C13H17Br2NO3/c1-13(2,3)19-12(18)16-5-4-8-6-9(14)11(17)10(15)7-8/h6-7,17H,4-5H2,1-3H3,(H,16,18). The second-order valence-electron chi connectivity index (χ2n) is 5.09. The van der Waals surface area contributed by atoms with Gasteiger partial charge in [0.15, 0.2) is 0 Å².